The summed E-state index contributed by atoms with van der Waals surface area (Å²) < 4.78 is 18.9. The molecule has 1 aromatic carbocycles. The number of halogens is 1. The van der Waals surface area contributed by atoms with Crippen LogP contribution in [0, 0.1) is 5.82 Å². The van der Waals surface area contributed by atoms with Crippen LogP contribution in [0.5, 0.6) is 5.75 Å². The summed E-state index contributed by atoms with van der Waals surface area (Å²) in [5.74, 6) is -1.66. The first-order valence-electron chi connectivity index (χ1n) is 6.44. The average Bonchev–Trinajstić information content (AvgIpc) is 2.39. The van der Waals surface area contributed by atoms with Gasteiger partial charge in [-0.2, -0.15) is 0 Å². The summed E-state index contributed by atoms with van der Waals surface area (Å²) in [6, 6.07) is 3.68. The summed E-state index contributed by atoms with van der Waals surface area (Å²) in [6.07, 6.45) is 3.71. The van der Waals surface area contributed by atoms with Gasteiger partial charge in [0.05, 0.1) is 12.1 Å². The van der Waals surface area contributed by atoms with Crippen LogP contribution in [0.1, 0.15) is 36.0 Å². The van der Waals surface area contributed by atoms with Crippen molar-refractivity contribution in [3.63, 3.8) is 0 Å². The maximum absolute atomic E-state index is 13.6. The van der Waals surface area contributed by atoms with E-state index < -0.39 is 11.7 Å². The van der Waals surface area contributed by atoms with Gasteiger partial charge >= 0.3 is 0 Å². The molecule has 104 valence electrons. The predicted molar refractivity (Wildman–Crippen MR) is 68.6 cm³/mol. The number of benzene rings is 1. The Kier molecular flexibility index (Phi) is 4.37. The molecular weight excluding hydrogens is 249 g/mol. The summed E-state index contributed by atoms with van der Waals surface area (Å²) >= 11 is 0. The fourth-order valence-corrected chi connectivity index (χ4v) is 2.52. The van der Waals surface area contributed by atoms with Gasteiger partial charge in [0, 0.05) is 7.11 Å². The van der Waals surface area contributed by atoms with Crippen LogP contribution >= 0.6 is 0 Å². The molecule has 5 heteroatoms. The maximum atomic E-state index is 13.6. The number of carbonyl (C=O) groups is 1. The van der Waals surface area contributed by atoms with Crippen LogP contribution < -0.4 is 5.32 Å². The number of aromatic hydroxyl groups is 1. The van der Waals surface area contributed by atoms with Crippen molar-refractivity contribution in [2.75, 3.05) is 7.11 Å². The lowest BCUT2D eigenvalue weighted by Gasteiger charge is -2.31. The molecule has 1 amide bonds. The van der Waals surface area contributed by atoms with Crippen LogP contribution in [0.15, 0.2) is 18.2 Å². The van der Waals surface area contributed by atoms with Crippen LogP contribution in [0.4, 0.5) is 4.39 Å². The number of rotatable bonds is 3. The zero-order chi connectivity index (χ0) is 13.8. The maximum Gasteiger partial charge on any atom is 0.258 e. The first-order chi connectivity index (χ1) is 9.13. The lowest BCUT2D eigenvalue weighted by Crippen LogP contribution is -2.46. The molecule has 0 aromatic heterocycles. The molecule has 0 radical (unpaired) electrons. The zero-order valence-corrected chi connectivity index (χ0v) is 10.9. The second kappa shape index (κ2) is 6.02. The van der Waals surface area contributed by atoms with Gasteiger partial charge in [0.25, 0.3) is 5.91 Å². The largest absolute Gasteiger partial charge is 0.507 e. The molecule has 19 heavy (non-hydrogen) atoms. The third-order valence-corrected chi connectivity index (χ3v) is 3.54. The molecule has 2 atom stereocenters. The Morgan fingerprint density at radius 3 is 2.84 bits per heavy atom. The van der Waals surface area contributed by atoms with Crippen molar-refractivity contribution in [2.24, 2.45) is 0 Å². The van der Waals surface area contributed by atoms with Gasteiger partial charge in [-0.3, -0.25) is 4.79 Å². The van der Waals surface area contributed by atoms with Gasteiger partial charge in [0.1, 0.15) is 17.1 Å². The topological polar surface area (TPSA) is 58.6 Å². The number of methoxy groups -OCH3 is 1. The molecule has 2 rings (SSSR count). The molecule has 0 aliphatic heterocycles. The Balaban J connectivity index is 2.12. The van der Waals surface area contributed by atoms with E-state index in [0.717, 1.165) is 31.7 Å². The van der Waals surface area contributed by atoms with Crippen molar-refractivity contribution in [3.05, 3.63) is 29.6 Å². The Bertz CT molecular complexity index is 444. The number of carbonyl (C=O) groups excluding carboxylic acids is 1. The smallest absolute Gasteiger partial charge is 0.258 e. The van der Waals surface area contributed by atoms with Gasteiger partial charge in [-0.15, -0.1) is 0 Å². The number of hydrogen-bond acceptors (Lipinski definition) is 3. The minimum atomic E-state index is -0.720. The fraction of sp³-hybridized carbons (Fsp3) is 0.500. The molecule has 2 N–H and O–H groups in total. The molecule has 0 unspecified atom stereocenters. The van der Waals surface area contributed by atoms with Gasteiger partial charge in [0.2, 0.25) is 0 Å². The fourth-order valence-electron chi connectivity index (χ4n) is 2.52. The Morgan fingerprint density at radius 1 is 1.42 bits per heavy atom. The van der Waals surface area contributed by atoms with E-state index in [-0.39, 0.29) is 23.5 Å². The molecule has 4 nitrogen and oxygen atoms in total. The zero-order valence-electron chi connectivity index (χ0n) is 10.9. The van der Waals surface area contributed by atoms with Gasteiger partial charge in [-0.25, -0.2) is 4.39 Å². The third-order valence-electron chi connectivity index (χ3n) is 3.54. The number of phenolic OH excluding ortho intramolecular Hbond substituents is 1. The van der Waals surface area contributed by atoms with Crippen molar-refractivity contribution in [2.45, 2.75) is 37.8 Å². The minimum absolute atomic E-state index is 0.0494. The second-order valence-corrected chi connectivity index (χ2v) is 4.77. The highest BCUT2D eigenvalue weighted by molar-refractivity contribution is 5.97. The van der Waals surface area contributed by atoms with Crippen LogP contribution in [0.25, 0.3) is 0 Å². The lowest BCUT2D eigenvalue weighted by molar-refractivity contribution is 0.0391. The van der Waals surface area contributed by atoms with Gasteiger partial charge in [-0.05, 0) is 25.0 Å². The number of ether oxygens (including phenoxy) is 1. The van der Waals surface area contributed by atoms with Gasteiger partial charge in [-0.1, -0.05) is 18.9 Å². The Hall–Kier alpha value is -1.62. The van der Waals surface area contributed by atoms with Crippen molar-refractivity contribution >= 4 is 5.91 Å². The van der Waals surface area contributed by atoms with Crippen molar-refractivity contribution < 1.29 is 19.0 Å². The van der Waals surface area contributed by atoms with Gasteiger partial charge < -0.3 is 15.2 Å². The van der Waals surface area contributed by atoms with Crippen LogP contribution in [0.2, 0.25) is 0 Å². The highest BCUT2D eigenvalue weighted by atomic mass is 19.1. The number of amides is 1. The quantitative estimate of drug-likeness (QED) is 0.882. The molecular formula is C14H18FNO3. The molecule has 0 saturated heterocycles. The third kappa shape index (κ3) is 3.04. The van der Waals surface area contributed by atoms with Crippen molar-refractivity contribution in [1.82, 2.24) is 5.32 Å². The summed E-state index contributed by atoms with van der Waals surface area (Å²) in [7, 11) is 1.61. The average molecular weight is 267 g/mol. The van der Waals surface area contributed by atoms with E-state index in [2.05, 4.69) is 5.32 Å². The van der Waals surface area contributed by atoms with Crippen LogP contribution in [-0.4, -0.2) is 30.3 Å². The van der Waals surface area contributed by atoms with E-state index in [1.54, 1.807) is 7.11 Å². The molecule has 0 heterocycles. The first-order valence-corrected chi connectivity index (χ1v) is 6.44. The minimum Gasteiger partial charge on any atom is -0.507 e. The van der Waals surface area contributed by atoms with Gasteiger partial charge in [0.15, 0.2) is 0 Å². The summed E-state index contributed by atoms with van der Waals surface area (Å²) in [4.78, 5) is 12.0. The lowest BCUT2D eigenvalue weighted by atomic mass is 9.92. The molecule has 1 aromatic rings. The van der Waals surface area contributed by atoms with Crippen LogP contribution in [0.3, 0.4) is 0 Å². The summed E-state index contributed by atoms with van der Waals surface area (Å²) in [6.45, 7) is 0. The van der Waals surface area contributed by atoms with E-state index in [1.807, 2.05) is 0 Å². The SMILES string of the molecule is CO[C@@H]1CCCC[C@H]1NC(=O)c1c(O)cccc1F. The predicted octanol–water partition coefficient (Wildman–Crippen LogP) is 2.22. The standard InChI is InChI=1S/C14H18FNO3/c1-19-12-8-3-2-6-10(12)16-14(18)13-9(15)5-4-7-11(13)17/h4-5,7,10,12,17H,2-3,6,8H2,1H3,(H,16,18)/t10-,12-/m1/s1. The molecule has 1 saturated carbocycles. The molecule has 1 fully saturated rings. The first kappa shape index (κ1) is 13.8. The van der Waals surface area contributed by atoms with E-state index in [9.17, 15) is 14.3 Å². The van der Waals surface area contributed by atoms with E-state index in [0.29, 0.717) is 0 Å². The molecule has 1 aliphatic carbocycles. The number of hydrogen-bond donors (Lipinski definition) is 2. The monoisotopic (exact) mass is 267 g/mol. The van der Waals surface area contributed by atoms with E-state index in [4.69, 9.17) is 4.74 Å². The second-order valence-electron chi connectivity index (χ2n) is 4.77. The number of phenols is 1. The van der Waals surface area contributed by atoms with Crippen LogP contribution in [-0.2, 0) is 4.74 Å². The van der Waals surface area contributed by atoms with E-state index >= 15 is 0 Å². The summed E-state index contributed by atoms with van der Waals surface area (Å²) in [5, 5.41) is 12.3. The number of nitrogens with one attached hydrogen (secondary N) is 1. The van der Waals surface area contributed by atoms with E-state index in [1.165, 1.54) is 12.1 Å². The molecule has 0 bridgehead atoms. The molecule has 1 aliphatic rings. The van der Waals surface area contributed by atoms with Crippen molar-refractivity contribution in [1.29, 1.82) is 0 Å². The molecule has 0 spiro atoms. The highest BCUT2D eigenvalue weighted by Crippen LogP contribution is 2.23. The Labute approximate surface area is 111 Å². The van der Waals surface area contributed by atoms with Crippen molar-refractivity contribution in [3.8, 4) is 5.75 Å². The Morgan fingerprint density at radius 2 is 2.16 bits per heavy atom. The summed E-state index contributed by atoms with van der Waals surface area (Å²) in [5.41, 5.74) is -0.303. The highest BCUT2D eigenvalue weighted by Gasteiger charge is 2.28. The normalized spacial score (nSPS) is 23.1.